The lowest BCUT2D eigenvalue weighted by Gasteiger charge is -2.37. The Kier molecular flexibility index (Phi) is 10.3. The topological polar surface area (TPSA) is 123 Å². The van der Waals surface area contributed by atoms with Crippen LogP contribution in [-0.2, 0) is 20.9 Å². The van der Waals surface area contributed by atoms with Crippen LogP contribution in [0.3, 0.4) is 0 Å². The van der Waals surface area contributed by atoms with Crippen molar-refractivity contribution in [3.05, 3.63) is 21.7 Å². The monoisotopic (exact) mass is 548 g/mol. The van der Waals surface area contributed by atoms with Crippen molar-refractivity contribution >= 4 is 29.2 Å². The number of Topliss-reactive ketones (excluding diaryl/α,β-unsaturated/α-hetero) is 1. The first-order valence-electron chi connectivity index (χ1n) is 14.2. The molecule has 0 bridgehead atoms. The fourth-order valence-electron chi connectivity index (χ4n) is 6.45. The Morgan fingerprint density at radius 2 is 1.84 bits per heavy atom. The molecule has 2 fully saturated rings. The van der Waals surface area contributed by atoms with Crippen molar-refractivity contribution < 1.29 is 24.5 Å². The van der Waals surface area contributed by atoms with Gasteiger partial charge in [-0.05, 0) is 67.9 Å². The molecule has 38 heavy (non-hydrogen) atoms. The van der Waals surface area contributed by atoms with Crippen molar-refractivity contribution in [1.82, 2.24) is 4.98 Å². The predicted molar refractivity (Wildman–Crippen MR) is 151 cm³/mol. The van der Waals surface area contributed by atoms with Crippen molar-refractivity contribution in [1.29, 1.82) is 0 Å². The van der Waals surface area contributed by atoms with E-state index >= 15 is 0 Å². The first kappa shape index (κ1) is 30.9. The molecule has 2 aliphatic rings. The highest BCUT2D eigenvalue weighted by molar-refractivity contribution is 7.09. The molecule has 0 radical (unpaired) electrons. The lowest BCUT2D eigenvalue weighted by molar-refractivity contribution is -0.155. The van der Waals surface area contributed by atoms with Crippen molar-refractivity contribution in [2.45, 2.75) is 118 Å². The first-order valence-corrected chi connectivity index (χ1v) is 15.1. The summed E-state index contributed by atoms with van der Waals surface area (Å²) < 4.78 is 6.06. The summed E-state index contributed by atoms with van der Waals surface area (Å²) in [7, 11) is 0. The molecule has 214 valence electrons. The van der Waals surface area contributed by atoms with Crippen LogP contribution < -0.4 is 5.73 Å². The van der Waals surface area contributed by atoms with E-state index in [2.05, 4.69) is 11.9 Å². The SMILES string of the molecule is C/C(=C\c1csc(CN)n1)[C@@H]1C[C@@H]2CCC[C@]2(C)CCC[C@H](C)[C@H](O)[C@@H](C)C(=O)C(C)(C)[C@@H](O)CC(=O)O1. The van der Waals surface area contributed by atoms with Gasteiger partial charge in [0.25, 0.3) is 0 Å². The van der Waals surface area contributed by atoms with E-state index < -0.39 is 35.6 Å². The average Bonchev–Trinajstić information content (AvgIpc) is 3.47. The molecule has 8 heteroatoms. The number of ether oxygens (including phenoxy) is 1. The molecular formula is C30H48N2O5S. The van der Waals surface area contributed by atoms with Crippen molar-refractivity contribution in [3.63, 3.8) is 0 Å². The van der Waals surface area contributed by atoms with Crippen molar-refractivity contribution in [2.24, 2.45) is 34.3 Å². The number of cyclic esters (lactones) is 1. The molecule has 0 amide bonds. The summed E-state index contributed by atoms with van der Waals surface area (Å²) >= 11 is 1.51. The van der Waals surface area contributed by atoms with Crippen LogP contribution in [0.1, 0.15) is 104 Å². The fourth-order valence-corrected chi connectivity index (χ4v) is 7.08. The molecule has 1 aliphatic carbocycles. The van der Waals surface area contributed by atoms with E-state index in [-0.39, 0.29) is 23.5 Å². The number of carbonyl (C=O) groups is 2. The third-order valence-corrected chi connectivity index (χ3v) is 10.3. The number of fused-ring (bicyclic) bond motifs is 1. The van der Waals surface area contributed by atoms with Crippen LogP contribution in [0.4, 0.5) is 0 Å². The average molecular weight is 549 g/mol. The lowest BCUT2D eigenvalue weighted by Crippen LogP contribution is -2.45. The Bertz CT molecular complexity index is 1000. The van der Waals surface area contributed by atoms with Gasteiger partial charge in [-0.2, -0.15) is 0 Å². The number of thiazole rings is 1. The van der Waals surface area contributed by atoms with Gasteiger partial charge >= 0.3 is 5.97 Å². The van der Waals surface area contributed by atoms with Crippen LogP contribution in [0, 0.1) is 28.6 Å². The maximum atomic E-state index is 13.3. The van der Waals surface area contributed by atoms with Gasteiger partial charge in [0.15, 0.2) is 0 Å². The van der Waals surface area contributed by atoms with E-state index in [4.69, 9.17) is 10.5 Å². The quantitative estimate of drug-likeness (QED) is 0.439. The number of nitrogens with zero attached hydrogens (tertiary/aromatic N) is 1. The van der Waals surface area contributed by atoms with Gasteiger partial charge in [-0.1, -0.05) is 47.5 Å². The van der Waals surface area contributed by atoms with E-state index in [9.17, 15) is 19.8 Å². The van der Waals surface area contributed by atoms with Crippen LogP contribution in [0.15, 0.2) is 11.0 Å². The molecule has 0 spiro atoms. The third kappa shape index (κ3) is 7.12. The molecular weight excluding hydrogens is 500 g/mol. The van der Waals surface area contributed by atoms with Crippen LogP contribution >= 0.6 is 11.3 Å². The van der Waals surface area contributed by atoms with E-state index in [1.807, 2.05) is 25.3 Å². The number of rotatable bonds is 3. The molecule has 1 saturated carbocycles. The highest BCUT2D eigenvalue weighted by atomic mass is 32.1. The second kappa shape index (κ2) is 12.7. The highest BCUT2D eigenvalue weighted by Gasteiger charge is 2.44. The second-order valence-corrected chi connectivity index (χ2v) is 13.6. The molecule has 2 heterocycles. The summed E-state index contributed by atoms with van der Waals surface area (Å²) in [5.41, 5.74) is 6.39. The zero-order chi connectivity index (χ0) is 28.3. The van der Waals surface area contributed by atoms with Crippen LogP contribution in [0.25, 0.3) is 6.08 Å². The Morgan fingerprint density at radius 1 is 1.18 bits per heavy atom. The van der Waals surface area contributed by atoms with Gasteiger partial charge in [0.05, 0.1) is 29.7 Å². The van der Waals surface area contributed by atoms with Crippen molar-refractivity contribution in [2.75, 3.05) is 0 Å². The first-order chi connectivity index (χ1) is 17.8. The summed E-state index contributed by atoms with van der Waals surface area (Å²) in [5, 5.41) is 24.8. The number of hydrogen-bond donors (Lipinski definition) is 3. The van der Waals surface area contributed by atoms with E-state index in [0.717, 1.165) is 54.8 Å². The van der Waals surface area contributed by atoms with Crippen molar-refractivity contribution in [3.8, 4) is 0 Å². The number of ketones is 1. The smallest absolute Gasteiger partial charge is 0.309 e. The Morgan fingerprint density at radius 3 is 2.47 bits per heavy atom. The maximum Gasteiger partial charge on any atom is 0.309 e. The normalized spacial score (nSPS) is 36.1. The van der Waals surface area contributed by atoms with Gasteiger partial charge in [-0.3, -0.25) is 9.59 Å². The molecule has 7 nitrogen and oxygen atoms in total. The third-order valence-electron chi connectivity index (χ3n) is 9.43. The number of nitrogens with two attached hydrogens (primary N) is 1. The Hall–Kier alpha value is -1.61. The number of aliphatic hydroxyl groups excluding tert-OH is 2. The van der Waals surface area contributed by atoms with Crippen LogP contribution in [-0.4, -0.2) is 45.3 Å². The molecule has 4 N–H and O–H groups in total. The predicted octanol–water partition coefficient (Wildman–Crippen LogP) is 5.28. The Labute approximate surface area is 232 Å². The summed E-state index contributed by atoms with van der Waals surface area (Å²) in [6.45, 7) is 11.7. The van der Waals surface area contributed by atoms with Gasteiger partial charge in [-0.25, -0.2) is 4.98 Å². The summed E-state index contributed by atoms with van der Waals surface area (Å²) in [5.74, 6) is -1.03. The summed E-state index contributed by atoms with van der Waals surface area (Å²) in [4.78, 5) is 31.1. The summed E-state index contributed by atoms with van der Waals surface area (Å²) in [6, 6.07) is 0. The standard InChI is InChI=1S/C30H48N2O5S/c1-18-9-7-11-30(6)12-8-10-21(30)14-23(19(2)13-22-17-38-25(16-31)32-22)37-26(34)15-24(33)29(4,5)28(36)20(3)27(18)35/h13,17-18,20-21,23-24,27,33,35H,7-12,14-16,31H2,1-6H3/b19-13+/t18-,20+,21-,23-,24-,27-,30-/m0/s1. The van der Waals surface area contributed by atoms with E-state index in [1.165, 1.54) is 11.3 Å². The number of carbonyl (C=O) groups excluding carboxylic acids is 2. The van der Waals surface area contributed by atoms with Gasteiger partial charge in [-0.15, -0.1) is 11.3 Å². The lowest BCUT2D eigenvalue weighted by atomic mass is 9.71. The molecule has 1 aromatic heterocycles. The number of hydrogen-bond acceptors (Lipinski definition) is 8. The number of esters is 1. The molecule has 0 aromatic carbocycles. The summed E-state index contributed by atoms with van der Waals surface area (Å²) in [6.07, 6.45) is 6.17. The minimum absolute atomic E-state index is 0.0299. The van der Waals surface area contributed by atoms with Gasteiger partial charge < -0.3 is 20.7 Å². The zero-order valence-electron chi connectivity index (χ0n) is 24.0. The molecule has 1 aromatic rings. The molecule has 7 atom stereocenters. The minimum Gasteiger partial charge on any atom is -0.458 e. The highest BCUT2D eigenvalue weighted by Crippen LogP contribution is 2.50. The van der Waals surface area contributed by atoms with Crippen LogP contribution in [0.2, 0.25) is 0 Å². The fraction of sp³-hybridized carbons (Fsp3) is 0.767. The maximum absolute atomic E-state index is 13.3. The largest absolute Gasteiger partial charge is 0.458 e. The molecule has 1 saturated heterocycles. The van der Waals surface area contributed by atoms with Gasteiger partial charge in [0.1, 0.15) is 16.9 Å². The van der Waals surface area contributed by atoms with Gasteiger partial charge in [0, 0.05) is 17.8 Å². The Balaban J connectivity index is 1.92. The number of aromatic nitrogens is 1. The molecule has 0 unspecified atom stereocenters. The van der Waals surface area contributed by atoms with E-state index in [0.29, 0.717) is 18.9 Å². The van der Waals surface area contributed by atoms with Gasteiger partial charge in [0.2, 0.25) is 0 Å². The van der Waals surface area contributed by atoms with E-state index in [1.54, 1.807) is 20.8 Å². The second-order valence-electron chi connectivity index (χ2n) is 12.7. The number of aliphatic hydroxyl groups is 2. The minimum atomic E-state index is -1.22. The van der Waals surface area contributed by atoms with Crippen LogP contribution in [0.5, 0.6) is 0 Å². The zero-order valence-corrected chi connectivity index (χ0v) is 24.9. The molecule has 3 rings (SSSR count). The molecule has 1 aliphatic heterocycles.